The molecule has 0 aliphatic carbocycles. The largest absolute Gasteiger partial charge is 0.279 e. The van der Waals surface area contributed by atoms with Crippen LogP contribution in [0.3, 0.4) is 0 Å². The van der Waals surface area contributed by atoms with E-state index in [1.807, 2.05) is 61.5 Å². The average molecular weight is 273 g/mol. The van der Waals surface area contributed by atoms with Crippen LogP contribution in [0, 0.1) is 6.92 Å². The monoisotopic (exact) mass is 273 g/mol. The number of hydrogen-bond acceptors (Lipinski definition) is 3. The zero-order chi connectivity index (χ0) is 13.3. The molecule has 0 fully saturated rings. The average Bonchev–Trinajstić information content (AvgIpc) is 2.84. The van der Waals surface area contributed by atoms with Gasteiger partial charge in [0.25, 0.3) is 0 Å². The summed E-state index contributed by atoms with van der Waals surface area (Å²) in [7, 11) is -2.72. The molecule has 98 valence electrons. The maximum Gasteiger partial charge on any atom is 0.194 e. The molecule has 1 unspecified atom stereocenters. The summed E-state index contributed by atoms with van der Waals surface area (Å²) in [6, 6.07) is 17.2. The zero-order valence-electron chi connectivity index (χ0n) is 10.7. The van der Waals surface area contributed by atoms with Crippen LogP contribution in [0.5, 0.6) is 0 Å². The summed E-state index contributed by atoms with van der Waals surface area (Å²) < 4.78 is 22.6. The second-order valence-electron chi connectivity index (χ2n) is 4.60. The Balaban J connectivity index is 1.98. The second-order valence-corrected chi connectivity index (χ2v) is 6.47. The fourth-order valence-electron chi connectivity index (χ4n) is 2.06. The van der Waals surface area contributed by atoms with E-state index in [4.69, 9.17) is 4.18 Å². The van der Waals surface area contributed by atoms with Crippen molar-refractivity contribution in [3.05, 3.63) is 65.7 Å². The van der Waals surface area contributed by atoms with Crippen molar-refractivity contribution in [2.75, 3.05) is 6.61 Å². The summed E-state index contributed by atoms with van der Waals surface area (Å²) in [6.45, 7) is 2.37. The molecule has 0 amide bonds. The minimum atomic E-state index is -2.72. The van der Waals surface area contributed by atoms with E-state index < -0.39 is 10.0 Å². The van der Waals surface area contributed by atoms with Crippen molar-refractivity contribution in [1.82, 2.24) is 0 Å². The number of rotatable bonds is 2. The molecule has 1 aliphatic rings. The van der Waals surface area contributed by atoms with Crippen molar-refractivity contribution in [1.29, 1.82) is 0 Å². The van der Waals surface area contributed by atoms with Crippen LogP contribution in [0.15, 0.2) is 63.9 Å². The van der Waals surface area contributed by atoms with Crippen molar-refractivity contribution in [2.24, 2.45) is 4.36 Å². The minimum Gasteiger partial charge on any atom is -0.279 e. The first-order valence-electron chi connectivity index (χ1n) is 6.20. The van der Waals surface area contributed by atoms with Gasteiger partial charge in [0.2, 0.25) is 0 Å². The van der Waals surface area contributed by atoms with Crippen molar-refractivity contribution in [2.45, 2.75) is 17.9 Å². The molecule has 1 heterocycles. The summed E-state index contributed by atoms with van der Waals surface area (Å²) >= 11 is 0. The molecular formula is C15H15NO2S. The van der Waals surface area contributed by atoms with Gasteiger partial charge in [0.15, 0.2) is 10.0 Å². The Labute approximate surface area is 113 Å². The van der Waals surface area contributed by atoms with Gasteiger partial charge >= 0.3 is 0 Å². The lowest BCUT2D eigenvalue weighted by Gasteiger charge is -2.03. The van der Waals surface area contributed by atoms with Crippen LogP contribution in [-0.4, -0.2) is 10.8 Å². The van der Waals surface area contributed by atoms with Crippen LogP contribution in [0.25, 0.3) is 0 Å². The van der Waals surface area contributed by atoms with Crippen LogP contribution in [0.1, 0.15) is 17.2 Å². The van der Waals surface area contributed by atoms with Gasteiger partial charge in [0.1, 0.15) is 6.04 Å². The molecule has 2 atom stereocenters. The van der Waals surface area contributed by atoms with Crippen LogP contribution in [0.4, 0.5) is 0 Å². The smallest absolute Gasteiger partial charge is 0.194 e. The van der Waals surface area contributed by atoms with E-state index in [1.54, 1.807) is 0 Å². The molecule has 4 heteroatoms. The summed E-state index contributed by atoms with van der Waals surface area (Å²) in [5.74, 6) is 0. The maximum atomic E-state index is 12.7. The highest BCUT2D eigenvalue weighted by atomic mass is 32.2. The first-order chi connectivity index (χ1) is 9.17. The van der Waals surface area contributed by atoms with E-state index in [9.17, 15) is 4.21 Å². The summed E-state index contributed by atoms with van der Waals surface area (Å²) in [5.41, 5.74) is 2.17. The first-order valence-corrected chi connectivity index (χ1v) is 7.64. The molecule has 19 heavy (non-hydrogen) atoms. The van der Waals surface area contributed by atoms with Crippen molar-refractivity contribution < 1.29 is 8.39 Å². The molecule has 3 nitrogen and oxygen atoms in total. The molecule has 0 spiro atoms. The Bertz CT molecular complexity index is 686. The van der Waals surface area contributed by atoms with Gasteiger partial charge in [-0.1, -0.05) is 48.0 Å². The van der Waals surface area contributed by atoms with E-state index in [0.29, 0.717) is 11.5 Å². The SMILES string of the molecule is Cc1ccc(S2(=O)=N[C@H](c3ccccc3)CO2)cc1. The molecule has 1 aliphatic heterocycles. The fraction of sp³-hybridized carbons (Fsp3) is 0.200. The Hall–Kier alpha value is -1.65. The van der Waals surface area contributed by atoms with E-state index in [2.05, 4.69) is 4.36 Å². The fourth-order valence-corrected chi connectivity index (χ4v) is 3.69. The highest BCUT2D eigenvalue weighted by Crippen LogP contribution is 2.31. The highest BCUT2D eigenvalue weighted by Gasteiger charge is 2.26. The number of hydrogen-bond donors (Lipinski definition) is 0. The molecule has 0 radical (unpaired) electrons. The van der Waals surface area contributed by atoms with Crippen molar-refractivity contribution >= 4 is 10.0 Å². The Kier molecular flexibility index (Phi) is 3.12. The van der Waals surface area contributed by atoms with Crippen LogP contribution >= 0.6 is 0 Å². The summed E-state index contributed by atoms with van der Waals surface area (Å²) in [5, 5.41) is 0. The first kappa shape index (κ1) is 12.4. The van der Waals surface area contributed by atoms with E-state index >= 15 is 0 Å². The number of nitrogens with zero attached hydrogens (tertiary/aromatic N) is 1. The Morgan fingerprint density at radius 3 is 2.47 bits per heavy atom. The van der Waals surface area contributed by atoms with Gasteiger partial charge < -0.3 is 0 Å². The molecule has 2 aromatic carbocycles. The van der Waals surface area contributed by atoms with Crippen molar-refractivity contribution in [3.63, 3.8) is 0 Å². The van der Waals surface area contributed by atoms with Crippen LogP contribution < -0.4 is 0 Å². The quantitative estimate of drug-likeness (QED) is 0.840. The molecular weight excluding hydrogens is 258 g/mol. The number of aryl methyl sites for hydroxylation is 1. The van der Waals surface area contributed by atoms with E-state index in [1.165, 1.54) is 0 Å². The lowest BCUT2D eigenvalue weighted by atomic mass is 10.1. The molecule has 0 N–H and O–H groups in total. The molecule has 2 aromatic rings. The van der Waals surface area contributed by atoms with Gasteiger partial charge in [-0.2, -0.15) is 4.36 Å². The summed E-state index contributed by atoms with van der Waals surface area (Å²) in [6.07, 6.45) is 0. The zero-order valence-corrected chi connectivity index (χ0v) is 11.5. The maximum absolute atomic E-state index is 12.7. The normalized spacial score (nSPS) is 26.1. The van der Waals surface area contributed by atoms with Crippen molar-refractivity contribution in [3.8, 4) is 0 Å². The Morgan fingerprint density at radius 1 is 1.11 bits per heavy atom. The standard InChI is InChI=1S/C15H15NO2S/c1-12-7-9-14(10-8-12)19(17)16-15(11-18-19)13-5-3-2-4-6-13/h2-10,15H,11H2,1H3/t15-,19?/m0/s1. The van der Waals surface area contributed by atoms with Gasteiger partial charge in [-0.25, -0.2) is 4.21 Å². The second kappa shape index (κ2) is 4.79. The molecule has 0 bridgehead atoms. The lowest BCUT2D eigenvalue weighted by Crippen LogP contribution is -2.00. The lowest BCUT2D eigenvalue weighted by molar-refractivity contribution is 0.345. The van der Waals surface area contributed by atoms with Gasteiger partial charge in [-0.3, -0.25) is 4.18 Å². The number of benzene rings is 2. The minimum absolute atomic E-state index is 0.144. The molecule has 3 rings (SSSR count). The Morgan fingerprint density at radius 2 is 1.79 bits per heavy atom. The highest BCUT2D eigenvalue weighted by molar-refractivity contribution is 7.89. The van der Waals surface area contributed by atoms with Gasteiger partial charge in [0.05, 0.1) is 11.5 Å². The molecule has 0 saturated heterocycles. The van der Waals surface area contributed by atoms with E-state index in [0.717, 1.165) is 11.1 Å². The topological polar surface area (TPSA) is 38.7 Å². The van der Waals surface area contributed by atoms with Crippen LogP contribution in [-0.2, 0) is 14.2 Å². The van der Waals surface area contributed by atoms with Gasteiger partial charge in [-0.15, -0.1) is 0 Å². The third-order valence-corrected chi connectivity index (χ3v) is 5.01. The van der Waals surface area contributed by atoms with E-state index in [-0.39, 0.29) is 6.04 Å². The molecule has 0 aromatic heterocycles. The predicted octanol–water partition coefficient (Wildman–Crippen LogP) is 3.51. The third-order valence-electron chi connectivity index (χ3n) is 3.15. The van der Waals surface area contributed by atoms with Crippen LogP contribution in [0.2, 0.25) is 0 Å². The molecule has 0 saturated carbocycles. The summed E-state index contributed by atoms with van der Waals surface area (Å²) in [4.78, 5) is 0.650. The van der Waals surface area contributed by atoms with Gasteiger partial charge in [0, 0.05) is 0 Å². The van der Waals surface area contributed by atoms with Gasteiger partial charge in [-0.05, 0) is 24.6 Å². The third kappa shape index (κ3) is 2.41. The predicted molar refractivity (Wildman–Crippen MR) is 75.2 cm³/mol.